The zero-order chi connectivity index (χ0) is 15.7. The van der Waals surface area contributed by atoms with E-state index in [9.17, 15) is 9.18 Å². The Morgan fingerprint density at radius 1 is 1.41 bits per heavy atom. The summed E-state index contributed by atoms with van der Waals surface area (Å²) in [6, 6.07) is 4.36. The molecular formula is C14H12ClFN3O2Y-. The van der Waals surface area contributed by atoms with E-state index in [4.69, 9.17) is 17.3 Å². The van der Waals surface area contributed by atoms with E-state index in [1.54, 1.807) is 13.8 Å². The van der Waals surface area contributed by atoms with Crippen molar-refractivity contribution in [1.29, 1.82) is 0 Å². The van der Waals surface area contributed by atoms with E-state index in [0.717, 1.165) is 0 Å². The number of rotatable bonds is 2. The minimum Gasteiger partial charge on any atom is -0.464 e. The molecule has 0 aliphatic carbocycles. The molecule has 8 heteroatoms. The van der Waals surface area contributed by atoms with Gasteiger partial charge in [0.05, 0.1) is 7.11 Å². The van der Waals surface area contributed by atoms with Crippen molar-refractivity contribution in [2.45, 2.75) is 13.8 Å². The fourth-order valence-corrected chi connectivity index (χ4v) is 2.01. The maximum atomic E-state index is 14.2. The number of aryl methyl sites for hydroxylation is 2. The van der Waals surface area contributed by atoms with Crippen LogP contribution in [0.25, 0.3) is 11.4 Å². The Hall–Kier alpha value is -1.11. The van der Waals surface area contributed by atoms with Gasteiger partial charge in [-0.3, -0.25) is 4.39 Å². The van der Waals surface area contributed by atoms with Crippen molar-refractivity contribution in [1.82, 2.24) is 9.97 Å². The number of hydrogen-bond donors (Lipinski definition) is 1. The zero-order valence-electron chi connectivity index (χ0n) is 12.2. The van der Waals surface area contributed by atoms with Crippen molar-refractivity contribution in [3.63, 3.8) is 0 Å². The number of halogens is 2. The van der Waals surface area contributed by atoms with E-state index in [-0.39, 0.29) is 60.6 Å². The van der Waals surface area contributed by atoms with Gasteiger partial charge in [-0.05, 0) is 0 Å². The van der Waals surface area contributed by atoms with Gasteiger partial charge in [-0.2, -0.15) is 17.7 Å². The smallest absolute Gasteiger partial charge is 0.358 e. The first-order chi connectivity index (χ1) is 9.85. The van der Waals surface area contributed by atoms with Crippen LogP contribution in [0.3, 0.4) is 0 Å². The fraction of sp³-hybridized carbons (Fsp3) is 0.214. The monoisotopic (exact) mass is 397 g/mol. The first-order valence-electron chi connectivity index (χ1n) is 5.95. The van der Waals surface area contributed by atoms with Crippen molar-refractivity contribution in [2.75, 3.05) is 12.8 Å². The molecule has 22 heavy (non-hydrogen) atoms. The van der Waals surface area contributed by atoms with Crippen molar-refractivity contribution in [3.8, 4) is 11.4 Å². The largest absolute Gasteiger partial charge is 0.464 e. The third-order valence-electron chi connectivity index (χ3n) is 2.81. The predicted molar refractivity (Wildman–Crippen MR) is 76.5 cm³/mol. The van der Waals surface area contributed by atoms with Gasteiger partial charge in [-0.1, -0.05) is 31.0 Å². The first-order valence-corrected chi connectivity index (χ1v) is 6.33. The maximum absolute atomic E-state index is 14.2. The van der Waals surface area contributed by atoms with Crippen molar-refractivity contribution in [2.24, 2.45) is 0 Å². The standard InChI is InChI=1S/C14H12ClFN3O2.Y/c1-6-4-7(2)10(16)8(5-6)13-18-11(14(20)21-3)9(15)12(17)19-13;/h5H,1-3H3,(H2,17,18,19);/q-1;. The molecule has 0 unspecified atom stereocenters. The molecule has 0 bridgehead atoms. The Morgan fingerprint density at radius 3 is 2.64 bits per heavy atom. The molecule has 0 atom stereocenters. The minimum atomic E-state index is -0.772. The topological polar surface area (TPSA) is 78.1 Å². The zero-order valence-corrected chi connectivity index (χ0v) is 15.8. The Kier molecular flexibility index (Phi) is 6.41. The van der Waals surface area contributed by atoms with Gasteiger partial charge < -0.3 is 10.5 Å². The van der Waals surface area contributed by atoms with Crippen molar-refractivity contribution < 1.29 is 46.6 Å². The quantitative estimate of drug-likeness (QED) is 0.623. The Morgan fingerprint density at radius 2 is 2.05 bits per heavy atom. The van der Waals surface area contributed by atoms with E-state index in [1.807, 2.05) is 0 Å². The van der Waals surface area contributed by atoms with Crippen LogP contribution in [-0.2, 0) is 37.4 Å². The molecule has 0 fully saturated rings. The number of esters is 1. The molecule has 1 radical (unpaired) electrons. The summed E-state index contributed by atoms with van der Waals surface area (Å²) in [6.07, 6.45) is 0. The molecule has 1 aromatic carbocycles. The van der Waals surface area contributed by atoms with Crippen molar-refractivity contribution in [3.05, 3.63) is 39.8 Å². The van der Waals surface area contributed by atoms with Gasteiger partial charge in [0, 0.05) is 38.5 Å². The van der Waals surface area contributed by atoms with Crippen molar-refractivity contribution >= 4 is 23.4 Å². The maximum Gasteiger partial charge on any atom is 0.358 e. The molecule has 0 saturated heterocycles. The number of carbonyl (C=O) groups is 1. The molecule has 2 rings (SSSR count). The van der Waals surface area contributed by atoms with Gasteiger partial charge in [0.25, 0.3) is 0 Å². The SMILES string of the molecule is COC(=O)c1nc(-c2cc(C)[c-]c(C)c2F)nc(N)c1Cl.[Y]. The normalized spacial score (nSPS) is 10.0. The first kappa shape index (κ1) is 18.9. The number of anilines is 1. The summed E-state index contributed by atoms with van der Waals surface area (Å²) in [5.41, 5.74) is 6.60. The molecule has 1 aromatic heterocycles. The Labute approximate surface area is 157 Å². The van der Waals surface area contributed by atoms with Crippen LogP contribution in [-0.4, -0.2) is 23.0 Å². The van der Waals surface area contributed by atoms with Crippen LogP contribution < -0.4 is 5.73 Å². The molecule has 0 spiro atoms. The van der Waals surface area contributed by atoms with Crippen LogP contribution in [0.1, 0.15) is 21.6 Å². The number of nitrogens with two attached hydrogens (primary N) is 1. The average molecular weight is 398 g/mol. The van der Waals surface area contributed by atoms with Crippen LogP contribution in [0.5, 0.6) is 0 Å². The van der Waals surface area contributed by atoms with Gasteiger partial charge in [-0.25, -0.2) is 14.8 Å². The summed E-state index contributed by atoms with van der Waals surface area (Å²) in [5, 5.41) is -0.123. The van der Waals surface area contributed by atoms with Gasteiger partial charge in [0.1, 0.15) is 16.7 Å². The van der Waals surface area contributed by atoms with E-state index in [2.05, 4.69) is 20.8 Å². The number of hydrogen-bond acceptors (Lipinski definition) is 5. The second-order valence-electron chi connectivity index (χ2n) is 4.39. The number of nitrogen functional groups attached to an aromatic ring is 1. The molecule has 113 valence electrons. The summed E-state index contributed by atoms with van der Waals surface area (Å²) < 4.78 is 18.8. The number of ether oxygens (including phenoxy) is 1. The molecule has 0 saturated carbocycles. The van der Waals surface area contributed by atoms with Crippen LogP contribution in [0.4, 0.5) is 10.2 Å². The summed E-state index contributed by atoms with van der Waals surface area (Å²) in [5.74, 6) is -1.45. The van der Waals surface area contributed by atoms with E-state index in [0.29, 0.717) is 11.1 Å². The number of nitrogens with zero attached hydrogens (tertiary/aromatic N) is 2. The molecular weight excluding hydrogens is 386 g/mol. The molecule has 0 aliphatic heterocycles. The van der Waals surface area contributed by atoms with E-state index in [1.165, 1.54) is 13.2 Å². The number of methoxy groups -OCH3 is 1. The van der Waals surface area contributed by atoms with Gasteiger partial charge in [-0.15, -0.1) is 5.56 Å². The summed E-state index contributed by atoms with van der Waals surface area (Å²) in [6.45, 7) is 3.34. The number of carbonyl (C=O) groups excluding carboxylic acids is 1. The van der Waals surface area contributed by atoms with Gasteiger partial charge in [0.15, 0.2) is 5.69 Å². The molecule has 2 N–H and O–H groups in total. The Balaban J connectivity index is 0.00000242. The van der Waals surface area contributed by atoms with Crippen LogP contribution in [0.15, 0.2) is 6.07 Å². The van der Waals surface area contributed by atoms with Gasteiger partial charge >= 0.3 is 5.97 Å². The number of aromatic nitrogens is 2. The third kappa shape index (κ3) is 3.62. The van der Waals surface area contributed by atoms with Crippen LogP contribution in [0.2, 0.25) is 5.02 Å². The summed E-state index contributed by atoms with van der Waals surface area (Å²) >= 11 is 5.88. The third-order valence-corrected chi connectivity index (χ3v) is 3.18. The minimum absolute atomic E-state index is 0. The second-order valence-corrected chi connectivity index (χ2v) is 4.77. The van der Waals surface area contributed by atoms with Crippen LogP contribution >= 0.6 is 11.6 Å². The molecule has 1 heterocycles. The van der Waals surface area contributed by atoms with Crippen LogP contribution in [0, 0.1) is 25.7 Å². The Bertz CT molecular complexity index is 741. The predicted octanol–water partition coefficient (Wildman–Crippen LogP) is 2.72. The second kappa shape index (κ2) is 7.44. The molecule has 0 aliphatic rings. The summed E-state index contributed by atoms with van der Waals surface area (Å²) in [7, 11) is 1.18. The van der Waals surface area contributed by atoms with E-state index < -0.39 is 11.8 Å². The molecule has 0 amide bonds. The fourth-order valence-electron chi connectivity index (χ4n) is 1.85. The van der Waals surface area contributed by atoms with E-state index >= 15 is 0 Å². The average Bonchev–Trinajstić information content (AvgIpc) is 2.44. The molecule has 2 aromatic rings. The summed E-state index contributed by atoms with van der Waals surface area (Å²) in [4.78, 5) is 19.5. The molecule has 5 nitrogen and oxygen atoms in total. The number of benzene rings is 1. The van der Waals surface area contributed by atoms with Gasteiger partial charge in [0.2, 0.25) is 0 Å².